The Hall–Kier alpha value is -3.68. The molecule has 0 saturated carbocycles. The van der Waals surface area contributed by atoms with Crippen LogP contribution in [0, 0.1) is 6.92 Å². The summed E-state index contributed by atoms with van der Waals surface area (Å²) >= 11 is 6.15. The number of aromatic nitrogens is 1. The van der Waals surface area contributed by atoms with Crippen LogP contribution < -0.4 is 15.6 Å². The molecule has 4 aromatic rings. The number of benzene rings is 2. The summed E-state index contributed by atoms with van der Waals surface area (Å²) in [7, 11) is 1.52. The zero-order chi connectivity index (χ0) is 22.7. The number of aliphatic hydroxyl groups excluding tert-OH is 1. The number of anilines is 1. The number of fused-ring (bicyclic) bond motifs is 1. The van der Waals surface area contributed by atoms with Crippen molar-refractivity contribution in [1.29, 1.82) is 0 Å². The first kappa shape index (κ1) is 21.5. The first-order valence-electron chi connectivity index (χ1n) is 9.78. The number of hydrogen-bond donors (Lipinski definition) is 2. The number of para-hydroxylation sites is 1. The summed E-state index contributed by atoms with van der Waals surface area (Å²) < 4.78 is 11.4. The molecule has 0 atom stereocenters. The summed E-state index contributed by atoms with van der Waals surface area (Å²) in [6.07, 6.45) is 1.56. The monoisotopic (exact) mass is 449 g/mol. The standard InChI is InChI=1S/C24H20ClN3O4/c1-14-22-18(15(13-29)12-26-14)11-19(23(30)27-17-6-4-3-5-7-17)24(32-22)28-20-10-16(25)8-9-21(20)31-2/h3-12,29H,13H2,1-2H3,(H,27,30). The fourth-order valence-electron chi connectivity index (χ4n) is 3.24. The topological polar surface area (TPSA) is 97.0 Å². The minimum atomic E-state index is -0.417. The van der Waals surface area contributed by atoms with Crippen molar-refractivity contribution in [2.45, 2.75) is 13.5 Å². The number of carbonyl (C=O) groups excluding carboxylic acids is 1. The van der Waals surface area contributed by atoms with Gasteiger partial charge in [-0.15, -0.1) is 0 Å². The maximum absolute atomic E-state index is 13.2. The van der Waals surface area contributed by atoms with E-state index in [9.17, 15) is 9.90 Å². The van der Waals surface area contributed by atoms with Gasteiger partial charge in [0.15, 0.2) is 5.58 Å². The summed E-state index contributed by atoms with van der Waals surface area (Å²) in [4.78, 5) is 22.0. The molecule has 8 heteroatoms. The molecule has 2 aromatic heterocycles. The Morgan fingerprint density at radius 2 is 2.00 bits per heavy atom. The van der Waals surface area contributed by atoms with Crippen LogP contribution in [-0.4, -0.2) is 23.1 Å². The van der Waals surface area contributed by atoms with Crippen molar-refractivity contribution in [3.05, 3.63) is 88.2 Å². The Bertz CT molecular complexity index is 1370. The zero-order valence-corrected chi connectivity index (χ0v) is 18.2. The van der Waals surface area contributed by atoms with Gasteiger partial charge in [-0.25, -0.2) is 4.99 Å². The Balaban J connectivity index is 1.98. The molecule has 0 aliphatic heterocycles. The minimum Gasteiger partial charge on any atom is -0.494 e. The van der Waals surface area contributed by atoms with Crippen molar-refractivity contribution >= 4 is 39.9 Å². The third kappa shape index (κ3) is 4.34. The molecule has 0 unspecified atom stereocenters. The summed E-state index contributed by atoms with van der Waals surface area (Å²) in [6, 6.07) is 15.7. The highest BCUT2D eigenvalue weighted by Crippen LogP contribution is 2.30. The number of nitrogens with one attached hydrogen (secondary N) is 1. The van der Waals surface area contributed by atoms with E-state index < -0.39 is 5.91 Å². The molecule has 2 aromatic carbocycles. The number of aryl methyl sites for hydroxylation is 1. The third-order valence-corrected chi connectivity index (χ3v) is 5.10. The van der Waals surface area contributed by atoms with E-state index >= 15 is 0 Å². The maximum Gasteiger partial charge on any atom is 0.261 e. The second-order valence-corrected chi connectivity index (χ2v) is 7.42. The van der Waals surface area contributed by atoms with E-state index in [1.165, 1.54) is 7.11 Å². The normalized spacial score (nSPS) is 11.6. The first-order chi connectivity index (χ1) is 15.5. The fourth-order valence-corrected chi connectivity index (χ4v) is 3.41. The molecule has 0 saturated heterocycles. The predicted octanol–water partition coefficient (Wildman–Crippen LogP) is 4.78. The van der Waals surface area contributed by atoms with E-state index in [4.69, 9.17) is 20.8 Å². The van der Waals surface area contributed by atoms with Crippen LogP contribution in [0.4, 0.5) is 11.4 Å². The van der Waals surface area contributed by atoms with Gasteiger partial charge in [0.05, 0.1) is 19.4 Å². The van der Waals surface area contributed by atoms with Crippen molar-refractivity contribution in [3.8, 4) is 5.75 Å². The molecule has 0 aliphatic carbocycles. The van der Waals surface area contributed by atoms with E-state index in [0.717, 1.165) is 0 Å². The predicted molar refractivity (Wildman–Crippen MR) is 122 cm³/mol. The number of carbonyl (C=O) groups is 1. The number of halogens is 1. The molecule has 1 amide bonds. The fraction of sp³-hybridized carbons (Fsp3) is 0.125. The van der Waals surface area contributed by atoms with Crippen molar-refractivity contribution in [3.63, 3.8) is 0 Å². The maximum atomic E-state index is 13.2. The molecule has 4 rings (SSSR count). The number of pyridine rings is 1. The van der Waals surface area contributed by atoms with Gasteiger partial charge in [-0.05, 0) is 43.3 Å². The smallest absolute Gasteiger partial charge is 0.261 e. The summed E-state index contributed by atoms with van der Waals surface area (Å²) in [5.41, 5.74) is 2.83. The zero-order valence-electron chi connectivity index (χ0n) is 17.4. The lowest BCUT2D eigenvalue weighted by Gasteiger charge is -2.10. The number of methoxy groups -OCH3 is 1. The Labute approximate surface area is 189 Å². The van der Waals surface area contributed by atoms with E-state index in [1.807, 2.05) is 18.2 Å². The molecule has 0 bridgehead atoms. The lowest BCUT2D eigenvalue weighted by atomic mass is 10.1. The van der Waals surface area contributed by atoms with Crippen LogP contribution in [0.3, 0.4) is 0 Å². The van der Waals surface area contributed by atoms with Crippen LogP contribution in [0.1, 0.15) is 21.6 Å². The van der Waals surface area contributed by atoms with E-state index in [-0.39, 0.29) is 17.7 Å². The average molecular weight is 450 g/mol. The second-order valence-electron chi connectivity index (χ2n) is 6.98. The number of amides is 1. The number of aliphatic hydroxyl groups is 1. The summed E-state index contributed by atoms with van der Waals surface area (Å²) in [6.45, 7) is 1.53. The minimum absolute atomic E-state index is 0.0616. The van der Waals surface area contributed by atoms with Gasteiger partial charge in [0, 0.05) is 27.9 Å². The van der Waals surface area contributed by atoms with Gasteiger partial charge >= 0.3 is 0 Å². The van der Waals surface area contributed by atoms with Crippen molar-refractivity contribution in [1.82, 2.24) is 4.98 Å². The van der Waals surface area contributed by atoms with Gasteiger partial charge < -0.3 is 19.6 Å². The molecular weight excluding hydrogens is 430 g/mol. The van der Waals surface area contributed by atoms with E-state index in [2.05, 4.69) is 15.3 Å². The lowest BCUT2D eigenvalue weighted by Crippen LogP contribution is -2.22. The number of hydrogen-bond acceptors (Lipinski definition) is 6. The lowest BCUT2D eigenvalue weighted by molar-refractivity contribution is 0.102. The molecule has 2 N–H and O–H groups in total. The molecule has 0 aliphatic rings. The van der Waals surface area contributed by atoms with Gasteiger partial charge in [-0.2, -0.15) is 0 Å². The van der Waals surface area contributed by atoms with Gasteiger partial charge in [0.25, 0.3) is 5.91 Å². The van der Waals surface area contributed by atoms with Crippen molar-refractivity contribution in [2.75, 3.05) is 12.4 Å². The van der Waals surface area contributed by atoms with Gasteiger partial charge in [0.1, 0.15) is 17.0 Å². The number of ether oxygens (including phenoxy) is 1. The van der Waals surface area contributed by atoms with Crippen LogP contribution in [0.2, 0.25) is 5.02 Å². The molecule has 0 spiro atoms. The Morgan fingerprint density at radius 1 is 1.22 bits per heavy atom. The third-order valence-electron chi connectivity index (χ3n) is 4.86. The van der Waals surface area contributed by atoms with Crippen molar-refractivity contribution in [2.24, 2.45) is 4.99 Å². The number of rotatable bonds is 5. The SMILES string of the molecule is COc1ccc(Cl)cc1N=c1oc2c(C)ncc(CO)c2cc1C(=O)Nc1ccccc1. The second kappa shape index (κ2) is 9.21. The summed E-state index contributed by atoms with van der Waals surface area (Å²) in [5, 5.41) is 13.6. The van der Waals surface area contributed by atoms with Crippen LogP contribution >= 0.6 is 11.6 Å². The quantitative estimate of drug-likeness (QED) is 0.457. The highest BCUT2D eigenvalue weighted by atomic mass is 35.5. The van der Waals surface area contributed by atoms with Gasteiger partial charge in [-0.1, -0.05) is 29.8 Å². The van der Waals surface area contributed by atoms with Gasteiger partial charge in [-0.3, -0.25) is 9.78 Å². The molecule has 32 heavy (non-hydrogen) atoms. The van der Waals surface area contributed by atoms with Crippen LogP contribution in [-0.2, 0) is 6.61 Å². The van der Waals surface area contributed by atoms with E-state index in [1.54, 1.807) is 49.5 Å². The van der Waals surface area contributed by atoms with Gasteiger partial charge in [0.2, 0.25) is 5.55 Å². The van der Waals surface area contributed by atoms with Crippen LogP contribution in [0.5, 0.6) is 5.75 Å². The molecule has 162 valence electrons. The first-order valence-corrected chi connectivity index (χ1v) is 10.2. The molecule has 0 fully saturated rings. The van der Waals surface area contributed by atoms with Crippen LogP contribution in [0.25, 0.3) is 11.0 Å². The Morgan fingerprint density at radius 3 is 2.72 bits per heavy atom. The highest BCUT2D eigenvalue weighted by molar-refractivity contribution is 6.30. The van der Waals surface area contributed by atoms with Crippen LogP contribution in [0.15, 0.2) is 70.2 Å². The van der Waals surface area contributed by atoms with Crippen molar-refractivity contribution < 1.29 is 19.1 Å². The highest BCUT2D eigenvalue weighted by Gasteiger charge is 2.17. The average Bonchev–Trinajstić information content (AvgIpc) is 2.80. The molecule has 0 radical (unpaired) electrons. The van der Waals surface area contributed by atoms with E-state index in [0.29, 0.717) is 44.4 Å². The number of nitrogens with zero attached hydrogens (tertiary/aromatic N) is 2. The molecule has 2 heterocycles. The largest absolute Gasteiger partial charge is 0.494 e. The Kier molecular flexibility index (Phi) is 6.20. The molecule has 7 nitrogen and oxygen atoms in total. The summed E-state index contributed by atoms with van der Waals surface area (Å²) in [5.74, 6) is 0.0537. The molecular formula is C24H20ClN3O4.